The number of nitrogens with one attached hydrogen (secondary N) is 9. The standard InChI is InChI=1S/C18H26N4S.C17H23N5OS.C17H21N5S.C16H23N5S.C15H18N4OS/c1-3-22(2)13-9-7-12(8-10-13)21-17-16-14-5-4-6-15(14)23-18(16)20-11-19-17;1-19-9-5-7-10(8-6-9)20-15-13-11-3-2-4-12(11)24-17(13)22-16(21-15)14(18)23;1-18-10-6-8-11(9-7-10)20-15-14-12-4-3-5-13(12)23-16(14)22-17(19-2)21-15;1-18-9-5-7-10(8-6-9)19-14-13-11-3-2-4-12(11)22-15(13)21-16(17)20-14;20-14(9-4-6-16-7-5-9)19-13-12-10-2-1-3-11(10)21-15(12)18-8-17-13/h11-13H,3-10H2,1-2H3,(H,19,20,21);9-10,19H,2-8H2,1H3,(H2,18,23)(H,20,21,22);10-11,18H,3-9H2,1H3,(H,20,21,22);9-10,18H,2-8H2,1H3,(H3,17,19,20,21);8-9,16H,1-7H2,(H,17,18,19,20). The first-order chi connectivity index (χ1) is 55.3. The average molecular weight is 1620 g/mol. The lowest BCUT2D eigenvalue weighted by molar-refractivity contribution is -0.120. The molecule has 1 saturated heterocycles. The van der Waals surface area contributed by atoms with E-state index < -0.39 is 5.91 Å². The molecule has 5 fully saturated rings. The summed E-state index contributed by atoms with van der Waals surface area (Å²) in [4.78, 5) is 87.0. The van der Waals surface area contributed by atoms with Crippen LogP contribution in [0.3, 0.4) is 0 Å². The maximum absolute atomic E-state index is 12.4. The molecule has 2 amide bonds. The van der Waals surface area contributed by atoms with Crippen molar-refractivity contribution >= 4 is 161 Å². The first-order valence-electron chi connectivity index (χ1n) is 42.0. The Labute approximate surface area is 682 Å². The van der Waals surface area contributed by atoms with E-state index in [9.17, 15) is 9.59 Å². The number of amides is 2. The predicted molar refractivity (Wildman–Crippen MR) is 465 cm³/mol. The van der Waals surface area contributed by atoms with Crippen molar-refractivity contribution in [1.29, 1.82) is 0 Å². The van der Waals surface area contributed by atoms with Crippen molar-refractivity contribution < 1.29 is 9.59 Å². The maximum atomic E-state index is 12.4. The average Bonchev–Trinajstić information content (AvgIpc) is 1.64. The second-order valence-corrected chi connectivity index (χ2v) is 37.9. The van der Waals surface area contributed by atoms with Crippen LogP contribution in [0.5, 0.6) is 0 Å². The topological polar surface area (TPSA) is 331 Å². The number of piperidine rings is 1. The highest BCUT2D eigenvalue weighted by molar-refractivity contribution is 7.20. The van der Waals surface area contributed by atoms with Crippen molar-refractivity contribution in [1.82, 2.24) is 76.0 Å². The minimum absolute atomic E-state index is 0.1000. The van der Waals surface area contributed by atoms with Gasteiger partial charge < -0.3 is 69.1 Å². The number of primary amides is 1. The van der Waals surface area contributed by atoms with Crippen LogP contribution in [-0.2, 0) is 69.0 Å². The van der Waals surface area contributed by atoms with Gasteiger partial charge in [0.15, 0.2) is 10.6 Å². The Kier molecular flexibility index (Phi) is 25.5. The molecule has 20 rings (SSSR count). The summed E-state index contributed by atoms with van der Waals surface area (Å²) in [5.41, 5.74) is 18.5. The number of fused-ring (bicyclic) bond motifs is 15. The molecule has 0 aromatic carbocycles. The molecule has 10 aromatic heterocycles. The van der Waals surface area contributed by atoms with Crippen LogP contribution >= 0.6 is 56.7 Å². The third-order valence-electron chi connectivity index (χ3n) is 25.6. The third-order valence-corrected chi connectivity index (χ3v) is 31.5. The molecule has 30 heteroatoms. The first-order valence-corrected chi connectivity index (χ1v) is 46.0. The summed E-state index contributed by atoms with van der Waals surface area (Å²) < 4.78 is 0. The van der Waals surface area contributed by atoms with E-state index in [1.54, 1.807) is 58.0 Å². The van der Waals surface area contributed by atoms with Crippen molar-refractivity contribution in [3.8, 4) is 0 Å². The van der Waals surface area contributed by atoms with Gasteiger partial charge in [-0.1, -0.05) is 6.92 Å². The van der Waals surface area contributed by atoms with Crippen molar-refractivity contribution in [2.45, 2.75) is 267 Å². The smallest absolute Gasteiger partial charge is 0.374 e. The van der Waals surface area contributed by atoms with Crippen LogP contribution < -0.4 is 59.3 Å². The van der Waals surface area contributed by atoms with Crippen molar-refractivity contribution in [3.05, 3.63) is 82.1 Å². The van der Waals surface area contributed by atoms with Gasteiger partial charge in [0.25, 0.3) is 5.91 Å². The fraction of sp³-hybridized carbons (Fsp3) is 0.602. The van der Waals surface area contributed by atoms with Gasteiger partial charge in [0.05, 0.1) is 26.9 Å². The van der Waals surface area contributed by atoms with Gasteiger partial charge in [0.1, 0.15) is 55.2 Å². The zero-order chi connectivity index (χ0) is 77.6. The first kappa shape index (κ1) is 79.3. The Balaban J connectivity index is 0.000000107. The van der Waals surface area contributed by atoms with Crippen LogP contribution in [-0.4, -0.2) is 163 Å². The van der Waals surface area contributed by atoms with E-state index in [2.05, 4.69) is 128 Å². The molecule has 9 aliphatic carbocycles. The molecular formula is C83H111N23O2S5. The fourth-order valence-electron chi connectivity index (χ4n) is 19.1. The predicted octanol–water partition coefficient (Wildman–Crippen LogP) is 14.6. The lowest BCUT2D eigenvalue weighted by Gasteiger charge is -2.34. The van der Waals surface area contributed by atoms with Crippen LogP contribution in [0.2, 0.25) is 0 Å². The number of carbonyl (C=O) groups is 2. The molecule has 0 spiro atoms. The van der Waals surface area contributed by atoms with Crippen molar-refractivity contribution in [2.24, 2.45) is 11.7 Å². The Bertz CT molecular complexity index is 5060. The monoisotopic (exact) mass is 1620 g/mol. The SMILES string of the molecule is CCN(C)C1CCC(Nc2ncnc3sc4c(c23)CCC4)CC1.CNC1CCC(Nc2nc(C(N)=O)nc3sc4c(c23)CCC4)CC1.CNC1CCC(Nc2nc(N)nc3sc4c(c23)CCC4)CC1.O=C(Nc1ncnc2sc3c(c12)CCC3)C1CCNCC1.[C-]#[N+]c1nc(NC2CCC(NC)CC2)c2c3c(sc2n1)CCC3. The molecule has 0 atom stereocenters. The molecule has 1 aliphatic heterocycles. The van der Waals surface area contributed by atoms with Crippen molar-refractivity contribution in [2.75, 3.05) is 80.1 Å². The Morgan fingerprint density at radius 2 is 0.814 bits per heavy atom. The van der Waals surface area contributed by atoms with Gasteiger partial charge >= 0.3 is 5.95 Å². The van der Waals surface area contributed by atoms with Gasteiger partial charge in [-0.2, -0.15) is 4.98 Å². The summed E-state index contributed by atoms with van der Waals surface area (Å²) in [6.07, 6.45) is 41.8. The fourth-order valence-corrected chi connectivity index (χ4v) is 25.3. The number of aryl methyl sites for hydroxylation is 10. The normalized spacial score (nSPS) is 23.0. The highest BCUT2D eigenvalue weighted by Gasteiger charge is 2.34. The highest BCUT2D eigenvalue weighted by Crippen LogP contribution is 2.46. The molecular weight excluding hydrogens is 1510 g/mol. The third kappa shape index (κ3) is 17.8. The zero-order valence-corrected chi connectivity index (χ0v) is 70.3. The molecule has 11 heterocycles. The lowest BCUT2D eigenvalue weighted by Crippen LogP contribution is -2.38. The van der Waals surface area contributed by atoms with Gasteiger partial charge in [0, 0.05) is 78.6 Å². The lowest BCUT2D eigenvalue weighted by atomic mass is 9.90. The van der Waals surface area contributed by atoms with Crippen LogP contribution in [0.15, 0.2) is 12.7 Å². The van der Waals surface area contributed by atoms with E-state index in [0.29, 0.717) is 54.1 Å². The number of carbonyl (C=O) groups excluding carboxylic acids is 2. The summed E-state index contributed by atoms with van der Waals surface area (Å²) in [5.74, 6) is 4.88. The molecule has 10 aromatic rings. The number of anilines is 6. The number of nitrogens with two attached hydrogens (primary N) is 2. The van der Waals surface area contributed by atoms with Gasteiger partial charge in [-0.05, 0) is 288 Å². The minimum Gasteiger partial charge on any atom is -0.394 e. The highest BCUT2D eigenvalue weighted by atomic mass is 32.1. The molecule has 13 N–H and O–H groups in total. The zero-order valence-electron chi connectivity index (χ0n) is 66.2. The number of thiophene rings is 5. The van der Waals surface area contributed by atoms with E-state index in [-0.39, 0.29) is 23.6 Å². The van der Waals surface area contributed by atoms with Gasteiger partial charge in [0.2, 0.25) is 17.7 Å². The number of hydrogen-bond donors (Lipinski definition) is 11. The molecule has 600 valence electrons. The summed E-state index contributed by atoms with van der Waals surface area (Å²) in [6.45, 7) is 12.5. The van der Waals surface area contributed by atoms with Crippen molar-refractivity contribution in [3.63, 3.8) is 0 Å². The Morgan fingerprint density at radius 1 is 0.451 bits per heavy atom. The molecule has 0 unspecified atom stereocenters. The van der Waals surface area contributed by atoms with E-state index in [4.69, 9.17) is 18.0 Å². The summed E-state index contributed by atoms with van der Waals surface area (Å²) in [5, 5.41) is 37.1. The Morgan fingerprint density at radius 3 is 1.24 bits per heavy atom. The molecule has 25 nitrogen and oxygen atoms in total. The van der Waals surface area contributed by atoms with E-state index in [1.165, 1.54) is 189 Å². The van der Waals surface area contributed by atoms with Crippen LogP contribution in [0.25, 0.3) is 55.9 Å². The number of aromatic nitrogens is 10. The number of nitrogens with zero attached hydrogens (tertiary/aromatic N) is 12. The summed E-state index contributed by atoms with van der Waals surface area (Å²) in [6, 6.07) is 4.58. The summed E-state index contributed by atoms with van der Waals surface area (Å²) >= 11 is 8.86. The van der Waals surface area contributed by atoms with E-state index >= 15 is 0 Å². The molecule has 4 saturated carbocycles. The van der Waals surface area contributed by atoms with Gasteiger partial charge in [-0.3, -0.25) is 9.59 Å². The van der Waals surface area contributed by atoms with E-state index in [1.807, 2.05) is 25.4 Å². The summed E-state index contributed by atoms with van der Waals surface area (Å²) in [7, 11) is 8.38. The number of nitrogen functional groups attached to an aromatic ring is 1. The largest absolute Gasteiger partial charge is 0.394 e. The van der Waals surface area contributed by atoms with E-state index in [0.717, 1.165) is 175 Å². The molecule has 10 aliphatic rings. The quantitative estimate of drug-likeness (QED) is 0.0400. The molecule has 113 heavy (non-hydrogen) atoms. The van der Waals surface area contributed by atoms with Crippen LogP contribution in [0, 0.1) is 12.5 Å². The van der Waals surface area contributed by atoms with Crippen LogP contribution in [0.1, 0.15) is 217 Å². The maximum Gasteiger partial charge on any atom is 0.374 e. The Hall–Kier alpha value is -7.57. The second kappa shape index (κ2) is 36.3. The van der Waals surface area contributed by atoms with Gasteiger partial charge in [-0.15, -0.1) is 73.2 Å². The minimum atomic E-state index is -0.563. The second-order valence-electron chi connectivity index (χ2n) is 32.5. The number of rotatable bonds is 16. The van der Waals surface area contributed by atoms with Gasteiger partial charge in [-0.25, -0.2) is 34.9 Å². The van der Waals surface area contributed by atoms with Crippen LogP contribution in [0.4, 0.5) is 41.0 Å². The number of hydrogen-bond acceptors (Lipinski definition) is 27. The molecule has 0 radical (unpaired) electrons. The molecule has 0 bridgehead atoms.